The third-order valence-corrected chi connectivity index (χ3v) is 5.73. The van der Waals surface area contributed by atoms with Crippen molar-refractivity contribution in [1.29, 1.82) is 0 Å². The monoisotopic (exact) mass is 411 g/mol. The zero-order valence-electron chi connectivity index (χ0n) is 16.0. The highest BCUT2D eigenvalue weighted by atomic mass is 32.2. The van der Waals surface area contributed by atoms with Crippen LogP contribution in [0.1, 0.15) is 28.9 Å². The van der Waals surface area contributed by atoms with Crippen molar-refractivity contribution in [1.82, 2.24) is 20.1 Å². The number of amides is 2. The molecule has 2 amide bonds. The van der Waals surface area contributed by atoms with Crippen LogP contribution in [-0.2, 0) is 24.3 Å². The van der Waals surface area contributed by atoms with Gasteiger partial charge in [0.2, 0.25) is 5.91 Å². The van der Waals surface area contributed by atoms with Crippen molar-refractivity contribution >= 4 is 29.3 Å². The van der Waals surface area contributed by atoms with E-state index in [4.69, 9.17) is 4.42 Å². The van der Waals surface area contributed by atoms with E-state index < -0.39 is 0 Å². The van der Waals surface area contributed by atoms with E-state index in [0.29, 0.717) is 24.1 Å². The molecule has 1 N–H and O–H groups in total. The number of carbonyl (C=O) groups is 2. The Morgan fingerprint density at radius 1 is 1.21 bits per heavy atom. The Balaban J connectivity index is 1.37. The van der Waals surface area contributed by atoms with Crippen LogP contribution in [0.15, 0.2) is 52.2 Å². The zero-order chi connectivity index (χ0) is 20.2. The highest BCUT2D eigenvalue weighted by Crippen LogP contribution is 2.28. The molecule has 150 valence electrons. The minimum atomic E-state index is -0.308. The average molecular weight is 411 g/mol. The number of fused-ring (bicyclic) bond motifs is 1. The highest BCUT2D eigenvalue weighted by molar-refractivity contribution is 7.99. The Morgan fingerprint density at radius 3 is 2.86 bits per heavy atom. The summed E-state index contributed by atoms with van der Waals surface area (Å²) in [7, 11) is 0. The zero-order valence-corrected chi connectivity index (χ0v) is 16.8. The minimum Gasteiger partial charge on any atom is -0.459 e. The molecular weight excluding hydrogens is 390 g/mol. The lowest BCUT2D eigenvalue weighted by Gasteiger charge is -2.17. The van der Waals surface area contributed by atoms with Gasteiger partial charge in [-0.25, -0.2) is 0 Å². The van der Waals surface area contributed by atoms with Gasteiger partial charge in [0, 0.05) is 18.8 Å². The SMILES string of the molecule is CCn1c(CNC(=O)c2ccco2)nnc1SCC(=O)N1CCc2ccccc21. The van der Waals surface area contributed by atoms with E-state index in [9.17, 15) is 9.59 Å². The van der Waals surface area contributed by atoms with Gasteiger partial charge >= 0.3 is 0 Å². The molecule has 1 aliphatic heterocycles. The first-order valence-corrected chi connectivity index (χ1v) is 10.4. The number of hydrogen-bond acceptors (Lipinski definition) is 6. The number of carbonyl (C=O) groups excluding carboxylic acids is 2. The molecule has 0 saturated heterocycles. The Hall–Kier alpha value is -3.07. The number of anilines is 1. The topological polar surface area (TPSA) is 93.3 Å². The number of hydrogen-bond donors (Lipinski definition) is 1. The van der Waals surface area contributed by atoms with E-state index >= 15 is 0 Å². The second-order valence-corrected chi connectivity index (χ2v) is 7.46. The van der Waals surface area contributed by atoms with Gasteiger partial charge in [-0.1, -0.05) is 30.0 Å². The maximum absolute atomic E-state index is 12.7. The molecule has 9 heteroatoms. The maximum Gasteiger partial charge on any atom is 0.287 e. The third kappa shape index (κ3) is 4.04. The molecule has 0 aliphatic carbocycles. The molecule has 4 rings (SSSR count). The Labute approximate surface area is 172 Å². The predicted octanol–water partition coefficient (Wildman–Crippen LogP) is 2.50. The van der Waals surface area contributed by atoms with Gasteiger partial charge in [0.05, 0.1) is 18.6 Å². The smallest absolute Gasteiger partial charge is 0.287 e. The quantitative estimate of drug-likeness (QED) is 0.601. The van der Waals surface area contributed by atoms with Crippen molar-refractivity contribution < 1.29 is 14.0 Å². The van der Waals surface area contributed by atoms with E-state index in [1.54, 1.807) is 12.1 Å². The summed E-state index contributed by atoms with van der Waals surface area (Å²) < 4.78 is 6.98. The van der Waals surface area contributed by atoms with Gasteiger partial charge < -0.3 is 19.2 Å². The fourth-order valence-corrected chi connectivity index (χ4v) is 4.23. The molecule has 8 nitrogen and oxygen atoms in total. The van der Waals surface area contributed by atoms with Crippen molar-refractivity contribution in [2.45, 2.75) is 31.6 Å². The first-order chi connectivity index (χ1) is 14.2. The lowest BCUT2D eigenvalue weighted by atomic mass is 10.2. The molecule has 1 aromatic carbocycles. The van der Waals surface area contributed by atoms with Crippen LogP contribution in [0.25, 0.3) is 0 Å². The van der Waals surface area contributed by atoms with Gasteiger partial charge in [-0.2, -0.15) is 0 Å². The number of nitrogens with zero attached hydrogens (tertiary/aromatic N) is 4. The normalized spacial score (nSPS) is 12.8. The van der Waals surface area contributed by atoms with E-state index in [2.05, 4.69) is 21.6 Å². The lowest BCUT2D eigenvalue weighted by Crippen LogP contribution is -2.30. The van der Waals surface area contributed by atoms with Crippen LogP contribution in [0, 0.1) is 0 Å². The number of para-hydroxylation sites is 1. The Kier molecular flexibility index (Phi) is 5.66. The van der Waals surface area contributed by atoms with Gasteiger partial charge in [0.25, 0.3) is 5.91 Å². The minimum absolute atomic E-state index is 0.0540. The third-order valence-electron chi connectivity index (χ3n) is 4.77. The van der Waals surface area contributed by atoms with Gasteiger partial charge in [-0.05, 0) is 37.1 Å². The average Bonchev–Trinajstić information content (AvgIpc) is 3.49. The molecule has 0 radical (unpaired) electrons. The van der Waals surface area contributed by atoms with Crippen LogP contribution >= 0.6 is 11.8 Å². The predicted molar refractivity (Wildman–Crippen MR) is 109 cm³/mol. The van der Waals surface area contributed by atoms with Crippen molar-refractivity contribution in [2.75, 3.05) is 17.2 Å². The van der Waals surface area contributed by atoms with E-state index in [-0.39, 0.29) is 29.9 Å². The van der Waals surface area contributed by atoms with Crippen molar-refractivity contribution in [2.24, 2.45) is 0 Å². The highest BCUT2D eigenvalue weighted by Gasteiger charge is 2.24. The molecular formula is C20H21N5O3S. The molecule has 1 aliphatic rings. The van der Waals surface area contributed by atoms with Crippen molar-refractivity contribution in [3.05, 3.63) is 59.8 Å². The van der Waals surface area contributed by atoms with E-state index in [0.717, 1.165) is 12.1 Å². The second-order valence-electron chi connectivity index (χ2n) is 6.52. The van der Waals surface area contributed by atoms with Gasteiger partial charge in [0.1, 0.15) is 0 Å². The molecule has 3 heterocycles. The Bertz CT molecular complexity index is 1020. The standard InChI is InChI=1S/C20H21N5O3S/c1-2-24-17(12-21-19(27)16-8-5-11-28-16)22-23-20(24)29-13-18(26)25-10-9-14-6-3-4-7-15(14)25/h3-8,11H,2,9-10,12-13H2,1H3,(H,21,27). The summed E-state index contributed by atoms with van der Waals surface area (Å²) in [6, 6.07) is 11.3. The van der Waals surface area contributed by atoms with Crippen LogP contribution in [0.5, 0.6) is 0 Å². The summed E-state index contributed by atoms with van der Waals surface area (Å²) in [5.74, 6) is 0.911. The Morgan fingerprint density at radius 2 is 2.07 bits per heavy atom. The summed E-state index contributed by atoms with van der Waals surface area (Å²) in [6.07, 6.45) is 2.34. The van der Waals surface area contributed by atoms with Crippen LogP contribution in [0.4, 0.5) is 5.69 Å². The number of benzene rings is 1. The first kappa shape index (κ1) is 19.3. The molecule has 0 unspecified atom stereocenters. The van der Waals surface area contributed by atoms with E-state index in [1.165, 1.54) is 23.6 Å². The largest absolute Gasteiger partial charge is 0.459 e. The van der Waals surface area contributed by atoms with Crippen molar-refractivity contribution in [3.63, 3.8) is 0 Å². The summed E-state index contributed by atoms with van der Waals surface area (Å²) >= 11 is 1.36. The molecule has 3 aromatic rings. The van der Waals surface area contributed by atoms with Gasteiger partial charge in [-0.15, -0.1) is 10.2 Å². The van der Waals surface area contributed by atoms with Crippen LogP contribution in [0.3, 0.4) is 0 Å². The number of aromatic nitrogens is 3. The summed E-state index contributed by atoms with van der Waals surface area (Å²) in [5.41, 5.74) is 2.20. The maximum atomic E-state index is 12.7. The second kappa shape index (κ2) is 8.52. The summed E-state index contributed by atoms with van der Waals surface area (Å²) in [4.78, 5) is 26.6. The van der Waals surface area contributed by atoms with Crippen LogP contribution in [-0.4, -0.2) is 38.9 Å². The molecule has 0 spiro atoms. The fraction of sp³-hybridized carbons (Fsp3) is 0.300. The summed E-state index contributed by atoms with van der Waals surface area (Å²) in [5, 5.41) is 11.8. The van der Waals surface area contributed by atoms with Crippen LogP contribution in [0.2, 0.25) is 0 Å². The van der Waals surface area contributed by atoms with Gasteiger partial charge in [0.15, 0.2) is 16.7 Å². The number of rotatable bonds is 7. The molecule has 29 heavy (non-hydrogen) atoms. The van der Waals surface area contributed by atoms with Gasteiger partial charge in [-0.3, -0.25) is 9.59 Å². The van der Waals surface area contributed by atoms with Crippen molar-refractivity contribution in [3.8, 4) is 0 Å². The fourth-order valence-electron chi connectivity index (χ4n) is 3.33. The molecule has 0 fully saturated rings. The molecule has 0 bridgehead atoms. The molecule has 2 aromatic heterocycles. The number of nitrogens with one attached hydrogen (secondary N) is 1. The number of furan rings is 1. The van der Waals surface area contributed by atoms with Crippen LogP contribution < -0.4 is 10.2 Å². The molecule has 0 atom stereocenters. The summed E-state index contributed by atoms with van der Waals surface area (Å²) in [6.45, 7) is 3.56. The lowest BCUT2D eigenvalue weighted by molar-refractivity contribution is -0.116. The number of thioether (sulfide) groups is 1. The first-order valence-electron chi connectivity index (χ1n) is 9.42. The van der Waals surface area contributed by atoms with E-state index in [1.807, 2.05) is 34.6 Å². The molecule has 0 saturated carbocycles.